The number of benzene rings is 2. The number of anilines is 1. The number of amides is 2. The number of rotatable bonds is 7. The molecule has 0 spiro atoms. The Morgan fingerprint density at radius 1 is 1.11 bits per heavy atom. The number of aryl methyl sites for hydroxylation is 1. The molecule has 3 aromatic rings. The SMILES string of the molecule is COc1cc(C2C3=C(CN(C(C)=O)C3=O)Nc3cccc4c3c2cn4CCC(C)C)cc(OC)c1OC. The lowest BCUT2D eigenvalue weighted by Crippen LogP contribution is -2.33. The lowest BCUT2D eigenvalue weighted by atomic mass is 9.84. The molecule has 0 fully saturated rings. The van der Waals surface area contributed by atoms with Gasteiger partial charge >= 0.3 is 0 Å². The molecule has 0 aliphatic carbocycles. The molecular weight excluding hydrogens is 470 g/mol. The molecule has 5 rings (SSSR count). The quantitative estimate of drug-likeness (QED) is 0.493. The van der Waals surface area contributed by atoms with E-state index in [1.165, 1.54) is 11.8 Å². The predicted octanol–water partition coefficient (Wildman–Crippen LogP) is 4.91. The predicted molar refractivity (Wildman–Crippen MR) is 142 cm³/mol. The fourth-order valence-electron chi connectivity index (χ4n) is 5.47. The van der Waals surface area contributed by atoms with Crippen LogP contribution in [0.25, 0.3) is 10.9 Å². The second-order valence-electron chi connectivity index (χ2n) is 9.98. The molecule has 1 atom stereocenters. The summed E-state index contributed by atoms with van der Waals surface area (Å²) in [6, 6.07) is 9.97. The first kappa shape index (κ1) is 24.7. The molecule has 0 saturated heterocycles. The smallest absolute Gasteiger partial charge is 0.259 e. The van der Waals surface area contributed by atoms with Crippen molar-refractivity contribution in [2.45, 2.75) is 39.7 Å². The molecule has 37 heavy (non-hydrogen) atoms. The van der Waals surface area contributed by atoms with Crippen molar-refractivity contribution in [2.24, 2.45) is 5.92 Å². The molecule has 2 amide bonds. The Morgan fingerprint density at radius 3 is 2.41 bits per heavy atom. The molecule has 1 aromatic heterocycles. The molecule has 3 heterocycles. The molecule has 0 radical (unpaired) electrons. The Morgan fingerprint density at radius 2 is 1.81 bits per heavy atom. The monoisotopic (exact) mass is 503 g/mol. The Labute approximate surface area is 216 Å². The van der Waals surface area contributed by atoms with Gasteiger partial charge in [-0.3, -0.25) is 14.5 Å². The van der Waals surface area contributed by atoms with Crippen LogP contribution in [0, 0.1) is 5.92 Å². The third kappa shape index (κ3) is 4.00. The maximum absolute atomic E-state index is 13.8. The van der Waals surface area contributed by atoms with Crippen molar-refractivity contribution in [3.05, 3.63) is 58.9 Å². The third-order valence-electron chi connectivity index (χ3n) is 7.29. The third-order valence-corrected chi connectivity index (χ3v) is 7.29. The fraction of sp³-hybridized carbons (Fsp3) is 0.379. The molecule has 194 valence electrons. The number of hydrogen-bond acceptors (Lipinski definition) is 6. The van der Waals surface area contributed by atoms with Gasteiger partial charge in [-0.15, -0.1) is 0 Å². The number of nitrogens with zero attached hydrogens (tertiary/aromatic N) is 2. The highest BCUT2D eigenvalue weighted by molar-refractivity contribution is 6.11. The molecule has 1 N–H and O–H groups in total. The van der Waals surface area contributed by atoms with Gasteiger partial charge in [0.25, 0.3) is 5.91 Å². The van der Waals surface area contributed by atoms with Crippen LogP contribution in [0.1, 0.15) is 44.2 Å². The van der Waals surface area contributed by atoms with Crippen molar-refractivity contribution in [2.75, 3.05) is 33.2 Å². The van der Waals surface area contributed by atoms with Gasteiger partial charge in [0.15, 0.2) is 11.5 Å². The van der Waals surface area contributed by atoms with Crippen LogP contribution in [-0.2, 0) is 16.1 Å². The first-order chi connectivity index (χ1) is 17.8. The lowest BCUT2D eigenvalue weighted by molar-refractivity contribution is -0.139. The van der Waals surface area contributed by atoms with E-state index in [1.54, 1.807) is 21.3 Å². The largest absolute Gasteiger partial charge is 0.493 e. The number of methoxy groups -OCH3 is 3. The summed E-state index contributed by atoms with van der Waals surface area (Å²) in [5.74, 6) is 1.04. The standard InChI is InChI=1S/C29H33N3O5/c1-16(2)10-11-31-14-19-25(18-12-23(35-4)28(37-6)24(13-18)36-5)27-21(15-32(17(3)33)29(27)34)30-20-8-7-9-22(31)26(19)20/h7-9,12-14,16,25,30H,10-11,15H2,1-6H3. The van der Waals surface area contributed by atoms with Gasteiger partial charge in [-0.1, -0.05) is 19.9 Å². The minimum Gasteiger partial charge on any atom is -0.493 e. The first-order valence-electron chi connectivity index (χ1n) is 12.5. The van der Waals surface area contributed by atoms with Crippen molar-refractivity contribution in [1.29, 1.82) is 0 Å². The summed E-state index contributed by atoms with van der Waals surface area (Å²) >= 11 is 0. The molecule has 0 saturated carbocycles. The van der Waals surface area contributed by atoms with E-state index in [-0.39, 0.29) is 18.4 Å². The number of carbonyl (C=O) groups excluding carboxylic acids is 2. The van der Waals surface area contributed by atoms with Gasteiger partial charge in [0.1, 0.15) is 0 Å². The van der Waals surface area contributed by atoms with Crippen LogP contribution >= 0.6 is 0 Å². The van der Waals surface area contributed by atoms with Gasteiger partial charge in [-0.2, -0.15) is 0 Å². The first-order valence-corrected chi connectivity index (χ1v) is 12.5. The van der Waals surface area contributed by atoms with Gasteiger partial charge in [-0.05, 0) is 47.7 Å². The van der Waals surface area contributed by atoms with E-state index < -0.39 is 5.92 Å². The Balaban J connectivity index is 1.80. The van der Waals surface area contributed by atoms with Crippen LogP contribution in [0.15, 0.2) is 47.8 Å². The van der Waals surface area contributed by atoms with E-state index in [9.17, 15) is 9.59 Å². The van der Waals surface area contributed by atoms with Crippen LogP contribution in [0.3, 0.4) is 0 Å². The second kappa shape index (κ2) is 9.50. The van der Waals surface area contributed by atoms with Crippen molar-refractivity contribution < 1.29 is 23.8 Å². The molecule has 8 heteroatoms. The molecule has 2 aliphatic rings. The van der Waals surface area contributed by atoms with Crippen molar-refractivity contribution >= 4 is 28.4 Å². The molecule has 0 bridgehead atoms. The van der Waals surface area contributed by atoms with Crippen molar-refractivity contribution in [1.82, 2.24) is 9.47 Å². The zero-order chi connectivity index (χ0) is 26.4. The van der Waals surface area contributed by atoms with Crippen molar-refractivity contribution in [3.8, 4) is 17.2 Å². The summed E-state index contributed by atoms with van der Waals surface area (Å²) < 4.78 is 19.1. The van der Waals surface area contributed by atoms with E-state index in [1.807, 2.05) is 24.3 Å². The van der Waals surface area contributed by atoms with E-state index in [2.05, 4.69) is 36.0 Å². The van der Waals surface area contributed by atoms with Gasteiger partial charge < -0.3 is 24.1 Å². The van der Waals surface area contributed by atoms with Crippen LogP contribution in [0.5, 0.6) is 17.2 Å². The number of aromatic nitrogens is 1. The van der Waals surface area contributed by atoms with Crippen LogP contribution in [0.4, 0.5) is 5.69 Å². The number of nitrogens with one attached hydrogen (secondary N) is 1. The normalized spacial score (nSPS) is 16.7. The van der Waals surface area contributed by atoms with E-state index in [0.717, 1.165) is 46.4 Å². The average Bonchev–Trinajstić information content (AvgIpc) is 3.36. The number of carbonyl (C=O) groups is 2. The van der Waals surface area contributed by atoms with Gasteiger partial charge in [0.2, 0.25) is 11.7 Å². The molecule has 2 aromatic carbocycles. The second-order valence-corrected chi connectivity index (χ2v) is 9.98. The maximum atomic E-state index is 13.8. The summed E-state index contributed by atoms with van der Waals surface area (Å²) in [5, 5.41) is 4.59. The molecule has 2 aliphatic heterocycles. The highest BCUT2D eigenvalue weighted by Gasteiger charge is 2.42. The number of ether oxygens (including phenoxy) is 3. The van der Waals surface area contributed by atoms with Gasteiger partial charge in [-0.25, -0.2) is 0 Å². The fourth-order valence-corrected chi connectivity index (χ4v) is 5.47. The summed E-state index contributed by atoms with van der Waals surface area (Å²) in [5.41, 5.74) is 5.15. The Kier molecular flexibility index (Phi) is 6.35. The highest BCUT2D eigenvalue weighted by atomic mass is 16.5. The average molecular weight is 504 g/mol. The van der Waals surface area contributed by atoms with Gasteiger partial charge in [0, 0.05) is 42.4 Å². The molecule has 8 nitrogen and oxygen atoms in total. The maximum Gasteiger partial charge on any atom is 0.259 e. The summed E-state index contributed by atoms with van der Waals surface area (Å²) in [6.07, 6.45) is 3.19. The van der Waals surface area contributed by atoms with E-state index in [4.69, 9.17) is 14.2 Å². The zero-order valence-electron chi connectivity index (χ0n) is 22.2. The zero-order valence-corrected chi connectivity index (χ0v) is 22.2. The summed E-state index contributed by atoms with van der Waals surface area (Å²) in [4.78, 5) is 27.4. The lowest BCUT2D eigenvalue weighted by Gasteiger charge is -2.22. The van der Waals surface area contributed by atoms with Crippen molar-refractivity contribution in [3.63, 3.8) is 0 Å². The van der Waals surface area contributed by atoms with Crippen LogP contribution in [-0.4, -0.2) is 49.2 Å². The van der Waals surface area contributed by atoms with E-state index >= 15 is 0 Å². The van der Waals surface area contributed by atoms with Gasteiger partial charge in [0.05, 0.1) is 39.0 Å². The molecule has 1 unspecified atom stereocenters. The van der Waals surface area contributed by atoms with E-state index in [0.29, 0.717) is 28.7 Å². The Bertz CT molecular complexity index is 1410. The summed E-state index contributed by atoms with van der Waals surface area (Å²) in [7, 11) is 4.72. The summed E-state index contributed by atoms with van der Waals surface area (Å²) in [6.45, 7) is 6.92. The minimum atomic E-state index is -0.445. The minimum absolute atomic E-state index is 0.207. The molecular formula is C29H33N3O5. The van der Waals surface area contributed by atoms with Crippen LogP contribution < -0.4 is 19.5 Å². The number of hydrogen-bond donors (Lipinski definition) is 1. The Hall–Kier alpha value is -3.94. The topological polar surface area (TPSA) is 82.0 Å². The van der Waals surface area contributed by atoms with Crippen LogP contribution in [0.2, 0.25) is 0 Å². The highest BCUT2D eigenvalue weighted by Crippen LogP contribution is 2.49. The number of imide groups is 1.